The van der Waals surface area contributed by atoms with Gasteiger partial charge in [-0.3, -0.25) is 9.78 Å². The van der Waals surface area contributed by atoms with Crippen LogP contribution in [0.15, 0.2) is 47.6 Å². The van der Waals surface area contributed by atoms with Crippen molar-refractivity contribution < 1.29 is 14.3 Å². The first-order valence-electron chi connectivity index (χ1n) is 6.48. The predicted octanol–water partition coefficient (Wildman–Crippen LogP) is 2.82. The van der Waals surface area contributed by atoms with Gasteiger partial charge < -0.3 is 10.4 Å². The Hall–Kier alpha value is -1.63. The molecule has 1 aromatic carbocycles. The number of amides is 1. The SMILES string of the molecule is O=C(CSc1ccncc1)NC(CO)c1ccc(Cl)c(F)c1. The van der Waals surface area contributed by atoms with Crippen molar-refractivity contribution >= 4 is 29.3 Å². The number of thioether (sulfide) groups is 1. The molecule has 2 aromatic rings. The van der Waals surface area contributed by atoms with Crippen LogP contribution >= 0.6 is 23.4 Å². The molecule has 4 nitrogen and oxygen atoms in total. The number of rotatable bonds is 6. The van der Waals surface area contributed by atoms with E-state index in [4.69, 9.17) is 11.6 Å². The number of nitrogens with zero attached hydrogens (tertiary/aromatic N) is 1. The van der Waals surface area contributed by atoms with Gasteiger partial charge in [-0.25, -0.2) is 4.39 Å². The van der Waals surface area contributed by atoms with Gasteiger partial charge in [0.2, 0.25) is 5.91 Å². The van der Waals surface area contributed by atoms with Gasteiger partial charge in [-0.1, -0.05) is 17.7 Å². The monoisotopic (exact) mass is 340 g/mol. The van der Waals surface area contributed by atoms with E-state index >= 15 is 0 Å². The van der Waals surface area contributed by atoms with E-state index in [1.54, 1.807) is 30.6 Å². The number of aliphatic hydroxyl groups is 1. The van der Waals surface area contributed by atoms with Crippen LogP contribution < -0.4 is 5.32 Å². The number of nitrogens with one attached hydrogen (secondary N) is 1. The minimum Gasteiger partial charge on any atom is -0.394 e. The van der Waals surface area contributed by atoms with Gasteiger partial charge in [0, 0.05) is 17.3 Å². The fraction of sp³-hybridized carbons (Fsp3) is 0.200. The molecule has 2 N–H and O–H groups in total. The zero-order valence-corrected chi connectivity index (χ0v) is 13.1. The fourth-order valence-corrected chi connectivity index (χ4v) is 2.60. The molecule has 1 heterocycles. The van der Waals surface area contributed by atoms with Crippen LogP contribution in [-0.4, -0.2) is 28.4 Å². The first-order chi connectivity index (χ1) is 10.6. The van der Waals surface area contributed by atoms with Crippen molar-refractivity contribution in [2.75, 3.05) is 12.4 Å². The summed E-state index contributed by atoms with van der Waals surface area (Å²) in [5.41, 5.74) is 0.465. The molecule has 0 spiro atoms. The number of hydrogen-bond acceptors (Lipinski definition) is 4. The zero-order valence-electron chi connectivity index (χ0n) is 11.5. The minimum absolute atomic E-state index is 0.00000829. The smallest absolute Gasteiger partial charge is 0.230 e. The summed E-state index contributed by atoms with van der Waals surface area (Å²) in [7, 11) is 0. The van der Waals surface area contributed by atoms with Crippen molar-refractivity contribution in [3.05, 3.63) is 59.1 Å². The van der Waals surface area contributed by atoms with Crippen LogP contribution in [0.4, 0.5) is 4.39 Å². The molecule has 0 saturated heterocycles. The molecule has 1 aromatic heterocycles. The summed E-state index contributed by atoms with van der Waals surface area (Å²) in [6.45, 7) is -0.327. The van der Waals surface area contributed by atoms with Gasteiger partial charge in [0.1, 0.15) is 5.82 Å². The quantitative estimate of drug-likeness (QED) is 0.794. The third-order valence-electron chi connectivity index (χ3n) is 2.88. The second kappa shape index (κ2) is 8.12. The summed E-state index contributed by atoms with van der Waals surface area (Å²) in [5, 5.41) is 12.1. The van der Waals surface area contributed by atoms with Gasteiger partial charge in [-0.15, -0.1) is 11.8 Å². The molecule has 0 radical (unpaired) electrons. The van der Waals surface area contributed by atoms with Crippen LogP contribution in [-0.2, 0) is 4.79 Å². The van der Waals surface area contributed by atoms with E-state index in [1.165, 1.54) is 23.9 Å². The number of benzene rings is 1. The highest BCUT2D eigenvalue weighted by Crippen LogP contribution is 2.21. The highest BCUT2D eigenvalue weighted by Gasteiger charge is 2.15. The van der Waals surface area contributed by atoms with Crippen molar-refractivity contribution in [3.8, 4) is 0 Å². The first kappa shape index (κ1) is 16.7. The Kier molecular flexibility index (Phi) is 6.18. The molecule has 116 valence electrons. The van der Waals surface area contributed by atoms with E-state index in [2.05, 4.69) is 10.3 Å². The molecule has 22 heavy (non-hydrogen) atoms. The van der Waals surface area contributed by atoms with Crippen LogP contribution in [0.1, 0.15) is 11.6 Å². The number of pyridine rings is 1. The molecule has 0 fully saturated rings. The maximum absolute atomic E-state index is 13.4. The topological polar surface area (TPSA) is 62.2 Å². The number of carbonyl (C=O) groups is 1. The number of carbonyl (C=O) groups excluding carboxylic acids is 1. The number of hydrogen-bond donors (Lipinski definition) is 2. The second-order valence-corrected chi connectivity index (χ2v) is 5.90. The Morgan fingerprint density at radius 2 is 2.09 bits per heavy atom. The Labute approximate surface area is 136 Å². The average molecular weight is 341 g/mol. The van der Waals surface area contributed by atoms with Crippen LogP contribution in [0.3, 0.4) is 0 Å². The van der Waals surface area contributed by atoms with Crippen molar-refractivity contribution in [3.63, 3.8) is 0 Å². The largest absolute Gasteiger partial charge is 0.394 e. The summed E-state index contributed by atoms with van der Waals surface area (Å²) < 4.78 is 13.4. The lowest BCUT2D eigenvalue weighted by atomic mass is 10.1. The Bertz CT molecular complexity index is 643. The maximum Gasteiger partial charge on any atom is 0.230 e. The van der Waals surface area contributed by atoms with Crippen molar-refractivity contribution in [1.29, 1.82) is 0 Å². The van der Waals surface area contributed by atoms with Gasteiger partial charge >= 0.3 is 0 Å². The number of aliphatic hydroxyl groups excluding tert-OH is 1. The second-order valence-electron chi connectivity index (χ2n) is 4.45. The highest BCUT2D eigenvalue weighted by molar-refractivity contribution is 8.00. The van der Waals surface area contributed by atoms with E-state index < -0.39 is 11.9 Å². The molecule has 0 saturated carbocycles. The third-order valence-corrected chi connectivity index (χ3v) is 4.20. The van der Waals surface area contributed by atoms with Crippen LogP contribution in [0.5, 0.6) is 0 Å². The lowest BCUT2D eigenvalue weighted by Crippen LogP contribution is -2.32. The van der Waals surface area contributed by atoms with Gasteiger partial charge in [-0.05, 0) is 29.8 Å². The average Bonchev–Trinajstić information content (AvgIpc) is 2.54. The highest BCUT2D eigenvalue weighted by atomic mass is 35.5. The van der Waals surface area contributed by atoms with Gasteiger partial charge in [0.25, 0.3) is 0 Å². The van der Waals surface area contributed by atoms with Crippen molar-refractivity contribution in [2.24, 2.45) is 0 Å². The molecule has 2 rings (SSSR count). The Morgan fingerprint density at radius 3 is 2.73 bits per heavy atom. The fourth-order valence-electron chi connectivity index (χ4n) is 1.78. The Balaban J connectivity index is 1.94. The predicted molar refractivity (Wildman–Crippen MR) is 84.3 cm³/mol. The van der Waals surface area contributed by atoms with Crippen molar-refractivity contribution in [2.45, 2.75) is 10.9 Å². The molecule has 7 heteroatoms. The molecule has 0 aliphatic heterocycles. The molecule has 1 atom stereocenters. The van der Waals surface area contributed by atoms with Crippen molar-refractivity contribution in [1.82, 2.24) is 10.3 Å². The zero-order chi connectivity index (χ0) is 15.9. The van der Waals surface area contributed by atoms with Gasteiger partial charge in [0.05, 0.1) is 23.4 Å². The van der Waals surface area contributed by atoms with E-state index in [9.17, 15) is 14.3 Å². The van der Waals surface area contributed by atoms with Crippen LogP contribution in [0.2, 0.25) is 5.02 Å². The molecular formula is C15H14ClFN2O2S. The standard InChI is InChI=1S/C15H14ClFN2O2S/c16-12-2-1-10(7-13(12)17)14(8-20)19-15(21)9-22-11-3-5-18-6-4-11/h1-7,14,20H,8-9H2,(H,19,21). The summed E-state index contributed by atoms with van der Waals surface area (Å²) in [5.74, 6) is -0.648. The normalized spacial score (nSPS) is 12.0. The molecule has 0 bridgehead atoms. The molecule has 0 aliphatic carbocycles. The Morgan fingerprint density at radius 1 is 1.36 bits per heavy atom. The van der Waals surface area contributed by atoms with E-state index in [0.29, 0.717) is 5.56 Å². The van der Waals surface area contributed by atoms with E-state index in [0.717, 1.165) is 4.90 Å². The molecule has 1 unspecified atom stereocenters. The van der Waals surface area contributed by atoms with E-state index in [-0.39, 0.29) is 23.3 Å². The molecule has 0 aliphatic rings. The van der Waals surface area contributed by atoms with Crippen LogP contribution in [0, 0.1) is 5.82 Å². The summed E-state index contributed by atoms with van der Waals surface area (Å²) in [6.07, 6.45) is 3.29. The maximum atomic E-state index is 13.4. The molecular weight excluding hydrogens is 327 g/mol. The lowest BCUT2D eigenvalue weighted by Gasteiger charge is -2.17. The van der Waals surface area contributed by atoms with E-state index in [1.807, 2.05) is 0 Å². The molecule has 1 amide bonds. The lowest BCUT2D eigenvalue weighted by molar-refractivity contribution is -0.119. The van der Waals surface area contributed by atoms with Gasteiger partial charge in [-0.2, -0.15) is 0 Å². The first-order valence-corrected chi connectivity index (χ1v) is 7.84. The number of halogens is 2. The minimum atomic E-state index is -0.669. The van der Waals surface area contributed by atoms with Gasteiger partial charge in [0.15, 0.2) is 0 Å². The summed E-state index contributed by atoms with van der Waals surface area (Å²) >= 11 is 6.97. The summed E-state index contributed by atoms with van der Waals surface area (Å²) in [4.78, 5) is 16.7. The summed E-state index contributed by atoms with van der Waals surface area (Å²) in [6, 6.07) is 7.11. The number of aromatic nitrogens is 1. The van der Waals surface area contributed by atoms with Crippen LogP contribution in [0.25, 0.3) is 0 Å². The third kappa shape index (κ3) is 4.69.